The van der Waals surface area contributed by atoms with E-state index in [4.69, 9.17) is 9.47 Å². The lowest BCUT2D eigenvalue weighted by atomic mass is 9.93. The lowest BCUT2D eigenvalue weighted by molar-refractivity contribution is -0.0241. The van der Waals surface area contributed by atoms with E-state index in [-0.39, 0.29) is 6.10 Å². The van der Waals surface area contributed by atoms with Gasteiger partial charge in [0.1, 0.15) is 0 Å². The highest BCUT2D eigenvalue weighted by Crippen LogP contribution is 2.27. The second-order valence-electron chi connectivity index (χ2n) is 6.86. The third-order valence-electron chi connectivity index (χ3n) is 5.20. The molecule has 2 aliphatic heterocycles. The van der Waals surface area contributed by atoms with Crippen LogP contribution >= 0.6 is 0 Å². The molecule has 138 valence electrons. The average molecular weight is 355 g/mol. The monoisotopic (exact) mass is 355 g/mol. The number of hydrogen-bond donors (Lipinski definition) is 0. The molecule has 2 saturated heterocycles. The highest BCUT2D eigenvalue weighted by Gasteiger charge is 2.34. The second-order valence-corrected chi connectivity index (χ2v) is 6.86. The second kappa shape index (κ2) is 7.97. The number of likely N-dealkylation sites (tertiary alicyclic amines) is 1. The topological polar surface area (TPSA) is 63.6 Å². The summed E-state index contributed by atoms with van der Waals surface area (Å²) >= 11 is 0. The van der Waals surface area contributed by atoms with Crippen LogP contribution in [0.2, 0.25) is 0 Å². The summed E-state index contributed by atoms with van der Waals surface area (Å²) in [5.41, 5.74) is 1.13. The molecule has 4 heterocycles. The Kier molecular flexibility index (Phi) is 5.26. The SMILES string of the molecule is COc1ncccc1CN1CCC2CN(c3ncccn3)CCOC2C1. The summed E-state index contributed by atoms with van der Waals surface area (Å²) in [5, 5.41) is 0. The summed E-state index contributed by atoms with van der Waals surface area (Å²) in [7, 11) is 1.67. The van der Waals surface area contributed by atoms with E-state index in [2.05, 4.69) is 30.8 Å². The van der Waals surface area contributed by atoms with E-state index in [9.17, 15) is 0 Å². The number of hydrogen-bond acceptors (Lipinski definition) is 7. The number of piperidine rings is 1. The molecule has 2 aromatic rings. The minimum absolute atomic E-state index is 0.250. The Morgan fingerprint density at radius 2 is 1.96 bits per heavy atom. The van der Waals surface area contributed by atoms with E-state index in [0.29, 0.717) is 18.4 Å². The molecule has 0 aromatic carbocycles. The Bertz CT molecular complexity index is 714. The minimum atomic E-state index is 0.250. The van der Waals surface area contributed by atoms with Crippen LogP contribution in [0, 0.1) is 5.92 Å². The van der Waals surface area contributed by atoms with Crippen LogP contribution in [0.15, 0.2) is 36.8 Å². The van der Waals surface area contributed by atoms with E-state index >= 15 is 0 Å². The quantitative estimate of drug-likeness (QED) is 0.825. The smallest absolute Gasteiger partial charge is 0.225 e. The zero-order valence-electron chi connectivity index (χ0n) is 15.1. The van der Waals surface area contributed by atoms with Crippen LogP contribution in [0.4, 0.5) is 5.95 Å². The Labute approximate surface area is 154 Å². The van der Waals surface area contributed by atoms with Crippen molar-refractivity contribution < 1.29 is 9.47 Å². The molecule has 0 radical (unpaired) electrons. The number of aromatic nitrogens is 3. The number of anilines is 1. The molecule has 2 aliphatic rings. The predicted octanol–water partition coefficient (Wildman–Crippen LogP) is 1.61. The van der Waals surface area contributed by atoms with Gasteiger partial charge in [-0.3, -0.25) is 4.90 Å². The summed E-state index contributed by atoms with van der Waals surface area (Å²) in [6, 6.07) is 5.90. The van der Waals surface area contributed by atoms with Crippen LogP contribution in [-0.2, 0) is 11.3 Å². The molecule has 0 N–H and O–H groups in total. The minimum Gasteiger partial charge on any atom is -0.481 e. The normalized spacial score (nSPS) is 24.0. The maximum atomic E-state index is 6.20. The van der Waals surface area contributed by atoms with Crippen molar-refractivity contribution in [3.05, 3.63) is 42.4 Å². The van der Waals surface area contributed by atoms with Gasteiger partial charge in [0.15, 0.2) is 0 Å². The third kappa shape index (κ3) is 3.78. The maximum absolute atomic E-state index is 6.20. The van der Waals surface area contributed by atoms with Crippen molar-refractivity contribution in [2.24, 2.45) is 5.92 Å². The number of rotatable bonds is 4. The van der Waals surface area contributed by atoms with Gasteiger partial charge in [0.05, 0.1) is 19.8 Å². The standard InChI is InChI=1S/C19H25N5O2/c1-25-18-16(4-2-6-20-18)12-23-9-5-15-13-24(10-11-26-17(15)14-23)19-21-7-3-8-22-19/h2-4,6-8,15,17H,5,9-14H2,1H3. The van der Waals surface area contributed by atoms with Crippen molar-refractivity contribution in [1.29, 1.82) is 0 Å². The largest absolute Gasteiger partial charge is 0.481 e. The van der Waals surface area contributed by atoms with Gasteiger partial charge >= 0.3 is 0 Å². The molecule has 0 amide bonds. The number of nitrogens with zero attached hydrogens (tertiary/aromatic N) is 5. The summed E-state index contributed by atoms with van der Waals surface area (Å²) < 4.78 is 11.6. The fourth-order valence-electron chi connectivity index (χ4n) is 3.86. The molecule has 0 saturated carbocycles. The zero-order valence-corrected chi connectivity index (χ0v) is 15.1. The van der Waals surface area contributed by atoms with Crippen LogP contribution < -0.4 is 9.64 Å². The summed E-state index contributed by atoms with van der Waals surface area (Å²) in [4.78, 5) is 17.8. The first-order chi connectivity index (χ1) is 12.8. The molecule has 2 unspecified atom stereocenters. The van der Waals surface area contributed by atoms with Gasteiger partial charge in [-0.05, 0) is 25.1 Å². The van der Waals surface area contributed by atoms with Crippen molar-refractivity contribution in [2.75, 3.05) is 44.8 Å². The first-order valence-corrected chi connectivity index (χ1v) is 9.17. The molecule has 7 nitrogen and oxygen atoms in total. The van der Waals surface area contributed by atoms with Crippen LogP contribution in [-0.4, -0.2) is 65.9 Å². The fourth-order valence-corrected chi connectivity index (χ4v) is 3.86. The van der Waals surface area contributed by atoms with Crippen LogP contribution in [0.5, 0.6) is 5.88 Å². The Hall–Kier alpha value is -2.25. The molecule has 4 rings (SSSR count). The number of methoxy groups -OCH3 is 1. The van der Waals surface area contributed by atoms with Crippen LogP contribution in [0.1, 0.15) is 12.0 Å². The lowest BCUT2D eigenvalue weighted by Crippen LogP contribution is -2.46. The van der Waals surface area contributed by atoms with Gasteiger partial charge in [-0.15, -0.1) is 0 Å². The van der Waals surface area contributed by atoms with Crippen molar-refractivity contribution in [3.63, 3.8) is 0 Å². The van der Waals surface area contributed by atoms with Crippen molar-refractivity contribution in [2.45, 2.75) is 19.1 Å². The fraction of sp³-hybridized carbons (Fsp3) is 0.526. The first kappa shape index (κ1) is 17.2. The maximum Gasteiger partial charge on any atom is 0.225 e. The van der Waals surface area contributed by atoms with E-state index in [1.54, 1.807) is 25.7 Å². The van der Waals surface area contributed by atoms with E-state index < -0.39 is 0 Å². The van der Waals surface area contributed by atoms with Gasteiger partial charge in [0.2, 0.25) is 11.8 Å². The number of fused-ring (bicyclic) bond motifs is 1. The van der Waals surface area contributed by atoms with Crippen LogP contribution in [0.25, 0.3) is 0 Å². The van der Waals surface area contributed by atoms with Crippen molar-refractivity contribution in [1.82, 2.24) is 19.9 Å². The molecule has 2 atom stereocenters. The van der Waals surface area contributed by atoms with Crippen molar-refractivity contribution in [3.8, 4) is 5.88 Å². The summed E-state index contributed by atoms with van der Waals surface area (Å²) in [6.07, 6.45) is 6.73. The van der Waals surface area contributed by atoms with Gasteiger partial charge < -0.3 is 14.4 Å². The third-order valence-corrected chi connectivity index (χ3v) is 5.20. The van der Waals surface area contributed by atoms with Gasteiger partial charge in [-0.1, -0.05) is 6.07 Å². The molecule has 2 fully saturated rings. The van der Waals surface area contributed by atoms with Crippen molar-refractivity contribution >= 4 is 5.95 Å². The molecule has 0 spiro atoms. The van der Waals surface area contributed by atoms with Gasteiger partial charge in [0, 0.05) is 56.3 Å². The Balaban J connectivity index is 1.40. The van der Waals surface area contributed by atoms with E-state index in [1.807, 2.05) is 12.1 Å². The Morgan fingerprint density at radius 3 is 2.81 bits per heavy atom. The lowest BCUT2D eigenvalue weighted by Gasteiger charge is -2.38. The molecule has 26 heavy (non-hydrogen) atoms. The summed E-state index contributed by atoms with van der Waals surface area (Å²) in [5.74, 6) is 2.02. The Morgan fingerprint density at radius 1 is 1.12 bits per heavy atom. The predicted molar refractivity (Wildman–Crippen MR) is 98.2 cm³/mol. The van der Waals surface area contributed by atoms with Gasteiger partial charge in [-0.2, -0.15) is 0 Å². The van der Waals surface area contributed by atoms with E-state index in [1.165, 1.54) is 0 Å². The molecule has 0 aliphatic carbocycles. The molecule has 2 aromatic heterocycles. The molecule has 0 bridgehead atoms. The molecular formula is C19H25N5O2. The van der Waals surface area contributed by atoms with E-state index in [0.717, 1.165) is 50.7 Å². The highest BCUT2D eigenvalue weighted by molar-refractivity contribution is 5.29. The number of pyridine rings is 1. The summed E-state index contributed by atoms with van der Waals surface area (Å²) in [6.45, 7) is 5.34. The number of ether oxygens (including phenoxy) is 2. The molecular weight excluding hydrogens is 330 g/mol. The zero-order chi connectivity index (χ0) is 17.8. The van der Waals surface area contributed by atoms with Gasteiger partial charge in [-0.25, -0.2) is 15.0 Å². The molecule has 7 heteroatoms. The first-order valence-electron chi connectivity index (χ1n) is 9.17. The average Bonchev–Trinajstić information content (AvgIpc) is 2.91. The van der Waals surface area contributed by atoms with Gasteiger partial charge in [0.25, 0.3) is 0 Å². The van der Waals surface area contributed by atoms with Crippen LogP contribution in [0.3, 0.4) is 0 Å². The highest BCUT2D eigenvalue weighted by atomic mass is 16.5.